The number of rotatable bonds is 3. The van der Waals surface area contributed by atoms with E-state index in [4.69, 9.17) is 5.73 Å². The van der Waals surface area contributed by atoms with E-state index < -0.39 is 10.0 Å². The Balaban J connectivity index is 2.33. The molecular weight excluding hydrogens is 336 g/mol. The third-order valence-corrected chi connectivity index (χ3v) is 5.71. The molecule has 1 heterocycles. The highest BCUT2D eigenvalue weighted by atomic mass is 79.9. The minimum Gasteiger partial charge on any atom is -0.398 e. The van der Waals surface area contributed by atoms with Crippen LogP contribution < -0.4 is 10.5 Å². The van der Waals surface area contributed by atoms with E-state index in [2.05, 4.69) is 20.7 Å². The highest BCUT2D eigenvalue weighted by Crippen LogP contribution is 2.28. The quantitative estimate of drug-likeness (QED) is 0.896. The summed E-state index contributed by atoms with van der Waals surface area (Å²) < 4.78 is 27.6. The Morgan fingerprint density at radius 2 is 2.06 bits per heavy atom. The Morgan fingerprint density at radius 3 is 2.61 bits per heavy atom. The number of anilines is 2. The molecular formula is C11H11BrN2O2S2. The number of aryl methyl sites for hydroxylation is 1. The van der Waals surface area contributed by atoms with Crippen LogP contribution in [0, 0.1) is 6.92 Å². The third-order valence-electron chi connectivity index (χ3n) is 2.23. The average molecular weight is 347 g/mol. The zero-order valence-corrected chi connectivity index (χ0v) is 12.7. The molecule has 96 valence electrons. The molecule has 0 radical (unpaired) electrons. The predicted octanol–water partition coefficient (Wildman–Crippen LogP) is 3.20. The zero-order chi connectivity index (χ0) is 13.3. The standard InChI is InChI=1S/C11H11BrN2O2S2/c1-7-2-3-10(9(12)4-7)14-18(15,16)11-5-8(13)6-17-11/h2-6,14H,13H2,1H3. The van der Waals surface area contributed by atoms with Crippen LogP contribution in [-0.4, -0.2) is 8.42 Å². The molecule has 0 spiro atoms. The maximum atomic E-state index is 12.1. The molecule has 0 bridgehead atoms. The van der Waals surface area contributed by atoms with Crippen molar-refractivity contribution in [1.29, 1.82) is 0 Å². The molecule has 3 N–H and O–H groups in total. The number of nitrogens with one attached hydrogen (secondary N) is 1. The van der Waals surface area contributed by atoms with Crippen LogP contribution in [0.15, 0.2) is 38.3 Å². The Morgan fingerprint density at radius 1 is 1.33 bits per heavy atom. The van der Waals surface area contributed by atoms with Gasteiger partial charge in [0.25, 0.3) is 10.0 Å². The highest BCUT2D eigenvalue weighted by molar-refractivity contribution is 9.10. The van der Waals surface area contributed by atoms with Crippen LogP contribution in [-0.2, 0) is 10.0 Å². The van der Waals surface area contributed by atoms with Gasteiger partial charge >= 0.3 is 0 Å². The SMILES string of the molecule is Cc1ccc(NS(=O)(=O)c2cc(N)cs2)c(Br)c1. The van der Waals surface area contributed by atoms with E-state index in [9.17, 15) is 8.42 Å². The van der Waals surface area contributed by atoms with Gasteiger partial charge in [0, 0.05) is 15.5 Å². The van der Waals surface area contributed by atoms with Crippen molar-refractivity contribution in [3.8, 4) is 0 Å². The van der Waals surface area contributed by atoms with Crippen LogP contribution in [0.2, 0.25) is 0 Å². The average Bonchev–Trinajstić information content (AvgIpc) is 2.70. The van der Waals surface area contributed by atoms with E-state index in [1.54, 1.807) is 11.4 Å². The lowest BCUT2D eigenvalue weighted by Crippen LogP contribution is -2.11. The molecule has 0 unspecified atom stereocenters. The van der Waals surface area contributed by atoms with Crippen molar-refractivity contribution in [3.05, 3.63) is 39.7 Å². The maximum absolute atomic E-state index is 12.1. The number of hydrogen-bond donors (Lipinski definition) is 2. The first kappa shape index (κ1) is 13.4. The largest absolute Gasteiger partial charge is 0.398 e. The van der Waals surface area contributed by atoms with Crippen LogP contribution in [0.5, 0.6) is 0 Å². The van der Waals surface area contributed by atoms with Crippen molar-refractivity contribution in [2.24, 2.45) is 0 Å². The molecule has 0 fully saturated rings. The Kier molecular flexibility index (Phi) is 3.65. The molecule has 0 saturated carbocycles. The molecule has 2 rings (SSSR count). The summed E-state index contributed by atoms with van der Waals surface area (Å²) in [7, 11) is -3.57. The van der Waals surface area contributed by atoms with E-state index >= 15 is 0 Å². The van der Waals surface area contributed by atoms with Gasteiger partial charge in [-0.25, -0.2) is 8.42 Å². The van der Waals surface area contributed by atoms with Gasteiger partial charge < -0.3 is 5.73 Å². The minimum atomic E-state index is -3.57. The number of nitrogens with two attached hydrogens (primary N) is 1. The second-order valence-electron chi connectivity index (χ2n) is 3.79. The van der Waals surface area contributed by atoms with Crippen molar-refractivity contribution in [1.82, 2.24) is 0 Å². The first-order chi connectivity index (χ1) is 8.38. The van der Waals surface area contributed by atoms with Gasteiger partial charge in [0.15, 0.2) is 0 Å². The Hall–Kier alpha value is -1.05. The van der Waals surface area contributed by atoms with Gasteiger partial charge in [0.05, 0.1) is 5.69 Å². The molecule has 18 heavy (non-hydrogen) atoms. The van der Waals surface area contributed by atoms with Gasteiger partial charge in [-0.3, -0.25) is 4.72 Å². The van der Waals surface area contributed by atoms with Crippen molar-refractivity contribution in [2.45, 2.75) is 11.1 Å². The van der Waals surface area contributed by atoms with Crippen molar-refractivity contribution in [2.75, 3.05) is 10.5 Å². The van der Waals surface area contributed by atoms with E-state index in [0.717, 1.165) is 16.9 Å². The van der Waals surface area contributed by atoms with Gasteiger partial charge in [0.1, 0.15) is 4.21 Å². The fourth-order valence-electron chi connectivity index (χ4n) is 1.37. The summed E-state index contributed by atoms with van der Waals surface area (Å²) in [6.45, 7) is 1.93. The van der Waals surface area contributed by atoms with Crippen molar-refractivity contribution >= 4 is 48.7 Å². The van der Waals surface area contributed by atoms with Crippen LogP contribution in [0.3, 0.4) is 0 Å². The summed E-state index contributed by atoms with van der Waals surface area (Å²) in [6.07, 6.45) is 0. The molecule has 0 aliphatic rings. The molecule has 0 aliphatic carbocycles. The van der Waals surface area contributed by atoms with Crippen molar-refractivity contribution < 1.29 is 8.42 Å². The minimum absolute atomic E-state index is 0.201. The molecule has 1 aromatic heterocycles. The first-order valence-corrected chi connectivity index (χ1v) is 8.17. The van der Waals surface area contributed by atoms with Crippen molar-refractivity contribution in [3.63, 3.8) is 0 Å². The molecule has 2 aromatic rings. The monoisotopic (exact) mass is 346 g/mol. The maximum Gasteiger partial charge on any atom is 0.271 e. The van der Waals surface area contributed by atoms with Gasteiger partial charge in [0.2, 0.25) is 0 Å². The van der Waals surface area contributed by atoms with E-state index in [-0.39, 0.29) is 4.21 Å². The molecule has 0 atom stereocenters. The number of benzene rings is 1. The number of sulfonamides is 1. The number of nitrogen functional groups attached to an aromatic ring is 1. The van der Waals surface area contributed by atoms with Gasteiger partial charge in [-0.05, 0) is 46.6 Å². The van der Waals surface area contributed by atoms with Crippen LogP contribution in [0.1, 0.15) is 5.56 Å². The summed E-state index contributed by atoms with van der Waals surface area (Å²) >= 11 is 4.42. The van der Waals surface area contributed by atoms with Gasteiger partial charge in [-0.2, -0.15) is 0 Å². The summed E-state index contributed by atoms with van der Waals surface area (Å²) in [4.78, 5) is 0. The smallest absolute Gasteiger partial charge is 0.271 e. The van der Waals surface area contributed by atoms with Crippen LogP contribution in [0.25, 0.3) is 0 Å². The molecule has 1 aromatic carbocycles. The lowest BCUT2D eigenvalue weighted by Gasteiger charge is -2.08. The molecule has 7 heteroatoms. The fourth-order valence-corrected chi connectivity index (χ4v) is 4.25. The second kappa shape index (κ2) is 4.91. The lowest BCUT2D eigenvalue weighted by molar-refractivity contribution is 0.603. The number of hydrogen-bond acceptors (Lipinski definition) is 4. The van der Waals surface area contributed by atoms with E-state index in [1.807, 2.05) is 19.1 Å². The normalized spacial score (nSPS) is 11.4. The topological polar surface area (TPSA) is 72.2 Å². The van der Waals surface area contributed by atoms with E-state index in [0.29, 0.717) is 15.8 Å². The zero-order valence-electron chi connectivity index (χ0n) is 9.48. The summed E-state index contributed by atoms with van der Waals surface area (Å²) in [5.74, 6) is 0. The third kappa shape index (κ3) is 2.85. The number of thiophene rings is 1. The molecule has 0 amide bonds. The van der Waals surface area contributed by atoms with Crippen LogP contribution >= 0.6 is 27.3 Å². The van der Waals surface area contributed by atoms with Crippen LogP contribution in [0.4, 0.5) is 11.4 Å². The summed E-state index contributed by atoms with van der Waals surface area (Å²) in [5, 5.41) is 1.60. The fraction of sp³-hybridized carbons (Fsp3) is 0.0909. The molecule has 0 saturated heterocycles. The highest BCUT2D eigenvalue weighted by Gasteiger charge is 2.17. The Labute approximate surface area is 118 Å². The van der Waals surface area contributed by atoms with Gasteiger partial charge in [-0.15, -0.1) is 11.3 Å². The summed E-state index contributed by atoms with van der Waals surface area (Å²) in [5.41, 5.74) is 7.53. The molecule has 4 nitrogen and oxygen atoms in total. The van der Waals surface area contributed by atoms with E-state index in [1.165, 1.54) is 6.07 Å². The summed E-state index contributed by atoms with van der Waals surface area (Å²) in [6, 6.07) is 6.84. The lowest BCUT2D eigenvalue weighted by atomic mass is 10.2. The first-order valence-electron chi connectivity index (χ1n) is 5.01. The number of halogens is 1. The second-order valence-corrected chi connectivity index (χ2v) is 7.46. The molecule has 0 aliphatic heterocycles. The predicted molar refractivity (Wildman–Crippen MR) is 78.4 cm³/mol. The van der Waals surface area contributed by atoms with Gasteiger partial charge in [-0.1, -0.05) is 6.07 Å². The Bertz CT molecular complexity index is 680.